The maximum Gasteiger partial charge on any atom is 0.410 e. The Morgan fingerprint density at radius 2 is 1.80 bits per heavy atom. The van der Waals surface area contributed by atoms with Gasteiger partial charge in [0.2, 0.25) is 5.91 Å². The number of benzene rings is 2. The summed E-state index contributed by atoms with van der Waals surface area (Å²) in [5, 5.41) is 0. The fourth-order valence-electron chi connectivity index (χ4n) is 5.21. The molecule has 10 heteroatoms. The quantitative estimate of drug-likeness (QED) is 0.432. The molecular weight excluding hydrogens is 530 g/mol. The number of piperidine rings is 1. The van der Waals surface area contributed by atoms with Gasteiger partial charge < -0.3 is 25.0 Å². The molecule has 2 heterocycles. The molecule has 4 rings (SSSR count). The summed E-state index contributed by atoms with van der Waals surface area (Å²) in [4.78, 5) is 33.0. The van der Waals surface area contributed by atoms with Crippen molar-refractivity contribution < 1.29 is 27.8 Å². The van der Waals surface area contributed by atoms with Crippen molar-refractivity contribution in [2.45, 2.75) is 78.0 Å². The molecule has 1 saturated heterocycles. The average molecular weight is 569 g/mol. The van der Waals surface area contributed by atoms with Crippen LogP contribution in [0.2, 0.25) is 0 Å². The third kappa shape index (κ3) is 7.04. The molecule has 0 radical (unpaired) electrons. The van der Waals surface area contributed by atoms with Crippen molar-refractivity contribution in [3.63, 3.8) is 0 Å². The minimum absolute atomic E-state index is 0.0257. The summed E-state index contributed by atoms with van der Waals surface area (Å²) in [5.74, 6) is -1.45. The van der Waals surface area contributed by atoms with Crippen LogP contribution in [-0.2, 0) is 16.0 Å². The molecule has 1 fully saturated rings. The van der Waals surface area contributed by atoms with Crippen LogP contribution in [0.15, 0.2) is 41.5 Å². The van der Waals surface area contributed by atoms with Gasteiger partial charge in [-0.25, -0.2) is 13.6 Å². The number of nitrogens with zero attached hydrogens (tertiary/aromatic N) is 3. The van der Waals surface area contributed by atoms with Crippen LogP contribution in [0.4, 0.5) is 19.3 Å². The molecule has 2 aliphatic heterocycles. The Balaban J connectivity index is 1.63. The summed E-state index contributed by atoms with van der Waals surface area (Å²) in [6.07, 6.45) is 5.25. The van der Waals surface area contributed by atoms with E-state index in [4.69, 9.17) is 20.2 Å². The van der Waals surface area contributed by atoms with Crippen LogP contribution in [0.5, 0.6) is 11.5 Å². The number of halogens is 2. The first-order chi connectivity index (χ1) is 19.4. The number of amides is 2. The zero-order valence-corrected chi connectivity index (χ0v) is 24.2. The van der Waals surface area contributed by atoms with Gasteiger partial charge in [-0.1, -0.05) is 0 Å². The molecule has 220 valence electrons. The lowest BCUT2D eigenvalue weighted by atomic mass is 9.91. The second-order valence-corrected chi connectivity index (χ2v) is 11.5. The average Bonchev–Trinajstić information content (AvgIpc) is 2.90. The summed E-state index contributed by atoms with van der Waals surface area (Å²) in [6, 6.07) is 6.54. The van der Waals surface area contributed by atoms with Gasteiger partial charge in [-0.3, -0.25) is 9.79 Å². The monoisotopic (exact) mass is 568 g/mol. The Bertz CT molecular complexity index is 1360. The van der Waals surface area contributed by atoms with E-state index >= 15 is 0 Å². The van der Waals surface area contributed by atoms with Gasteiger partial charge in [0.15, 0.2) is 11.6 Å². The van der Waals surface area contributed by atoms with Gasteiger partial charge >= 0.3 is 6.09 Å². The SMILES string of the molecule is CC(=O)N1c2ccc(C(C=NC3CCN(C(=O)OC(C)(C)C)CC3)=CN)c(Oc3cc(F)ccc3F)c2CC[C@@H]1C. The van der Waals surface area contributed by atoms with Crippen molar-refractivity contribution in [2.24, 2.45) is 10.7 Å². The molecule has 2 aromatic rings. The molecule has 8 nitrogen and oxygen atoms in total. The van der Waals surface area contributed by atoms with Crippen LogP contribution < -0.4 is 15.4 Å². The number of fused-ring (bicyclic) bond motifs is 1. The predicted octanol–water partition coefficient (Wildman–Crippen LogP) is 6.21. The van der Waals surface area contributed by atoms with Crippen LogP contribution in [0.25, 0.3) is 5.57 Å². The van der Waals surface area contributed by atoms with Crippen molar-refractivity contribution in [3.05, 3.63) is 59.3 Å². The first kappa shape index (κ1) is 30.0. The number of rotatable bonds is 5. The van der Waals surface area contributed by atoms with Crippen molar-refractivity contribution >= 4 is 29.5 Å². The van der Waals surface area contributed by atoms with E-state index in [2.05, 4.69) is 0 Å². The minimum atomic E-state index is -0.716. The third-order valence-electron chi connectivity index (χ3n) is 7.22. The van der Waals surface area contributed by atoms with Gasteiger partial charge in [0, 0.05) is 61.2 Å². The highest BCUT2D eigenvalue weighted by Crippen LogP contribution is 2.43. The summed E-state index contributed by atoms with van der Waals surface area (Å²) in [7, 11) is 0. The first-order valence-electron chi connectivity index (χ1n) is 13.9. The molecule has 2 aromatic carbocycles. The lowest BCUT2D eigenvalue weighted by molar-refractivity contribution is -0.117. The number of carbonyl (C=O) groups excluding carboxylic acids is 2. The summed E-state index contributed by atoms with van der Waals surface area (Å²) >= 11 is 0. The number of ether oxygens (including phenoxy) is 2. The number of aliphatic imine (C=N–C) groups is 1. The van der Waals surface area contributed by atoms with Crippen molar-refractivity contribution in [1.29, 1.82) is 0 Å². The van der Waals surface area contributed by atoms with E-state index < -0.39 is 17.2 Å². The van der Waals surface area contributed by atoms with Gasteiger partial charge in [0.1, 0.15) is 17.2 Å². The Kier molecular flexibility index (Phi) is 8.99. The molecule has 41 heavy (non-hydrogen) atoms. The zero-order chi connectivity index (χ0) is 29.9. The second kappa shape index (κ2) is 12.3. The van der Waals surface area contributed by atoms with Crippen LogP contribution in [0.1, 0.15) is 65.0 Å². The standard InChI is InChI=1S/C31H38F2N4O4/c1-19-6-8-25-27(37(19)20(2)38)11-9-24(29(25)40-28-16-22(32)7-10-26(28)33)21(17-34)18-35-23-12-14-36(15-13-23)30(39)41-31(3,4)5/h7,9-11,16-19,23H,6,8,12-15,34H2,1-5H3/t19-/m0/s1. The van der Waals surface area contributed by atoms with Crippen LogP contribution in [-0.4, -0.2) is 53.9 Å². The van der Waals surface area contributed by atoms with E-state index in [1.54, 1.807) is 22.1 Å². The lowest BCUT2D eigenvalue weighted by Crippen LogP contribution is -2.42. The van der Waals surface area contributed by atoms with Gasteiger partial charge in [-0.15, -0.1) is 0 Å². The normalized spacial score (nSPS) is 18.4. The number of carbonyl (C=O) groups is 2. The highest BCUT2D eigenvalue weighted by atomic mass is 19.1. The molecule has 0 aromatic heterocycles. The number of nitrogens with two attached hydrogens (primary N) is 1. The Hall–Kier alpha value is -3.95. The van der Waals surface area contributed by atoms with Gasteiger partial charge in [-0.05, 0) is 77.6 Å². The fraction of sp³-hybridized carbons (Fsp3) is 0.452. The topological polar surface area (TPSA) is 97.5 Å². The predicted molar refractivity (Wildman–Crippen MR) is 155 cm³/mol. The largest absolute Gasteiger partial charge is 0.453 e. The fourth-order valence-corrected chi connectivity index (χ4v) is 5.21. The van der Waals surface area contributed by atoms with E-state index in [0.717, 1.165) is 18.2 Å². The maximum absolute atomic E-state index is 14.7. The minimum Gasteiger partial charge on any atom is -0.453 e. The first-order valence-corrected chi connectivity index (χ1v) is 13.9. The second-order valence-electron chi connectivity index (χ2n) is 11.5. The summed E-state index contributed by atoms with van der Waals surface area (Å²) in [6.45, 7) is 10.0. The van der Waals surface area contributed by atoms with E-state index in [1.165, 1.54) is 13.1 Å². The lowest BCUT2D eigenvalue weighted by Gasteiger charge is -2.36. The highest BCUT2D eigenvalue weighted by Gasteiger charge is 2.31. The third-order valence-corrected chi connectivity index (χ3v) is 7.22. The maximum atomic E-state index is 14.7. The molecule has 0 bridgehead atoms. The number of anilines is 1. The molecule has 1 atom stereocenters. The van der Waals surface area contributed by atoms with Crippen molar-refractivity contribution in [3.8, 4) is 11.5 Å². The Morgan fingerprint density at radius 3 is 2.44 bits per heavy atom. The van der Waals surface area contributed by atoms with E-state index in [1.807, 2.05) is 33.8 Å². The molecule has 2 N–H and O–H groups in total. The van der Waals surface area contributed by atoms with Crippen LogP contribution in [0.3, 0.4) is 0 Å². The Morgan fingerprint density at radius 1 is 1.10 bits per heavy atom. The molecule has 0 spiro atoms. The van der Waals surface area contributed by atoms with E-state index in [-0.39, 0.29) is 29.8 Å². The Labute approximate surface area is 239 Å². The molecule has 0 unspecified atom stereocenters. The highest BCUT2D eigenvalue weighted by molar-refractivity contribution is 6.11. The molecule has 0 saturated carbocycles. The smallest absolute Gasteiger partial charge is 0.410 e. The molecule has 0 aliphatic carbocycles. The summed E-state index contributed by atoms with van der Waals surface area (Å²) in [5.41, 5.74) is 7.94. The molecule has 2 aliphatic rings. The van der Waals surface area contributed by atoms with Crippen LogP contribution in [0, 0.1) is 11.6 Å². The van der Waals surface area contributed by atoms with Crippen LogP contribution >= 0.6 is 0 Å². The van der Waals surface area contributed by atoms with Gasteiger partial charge in [0.25, 0.3) is 0 Å². The summed E-state index contributed by atoms with van der Waals surface area (Å²) < 4.78 is 40.3. The van der Waals surface area contributed by atoms with Gasteiger partial charge in [-0.2, -0.15) is 0 Å². The zero-order valence-electron chi connectivity index (χ0n) is 24.2. The number of likely N-dealkylation sites (tertiary alicyclic amines) is 1. The molecular formula is C31H38F2N4O4. The van der Waals surface area contributed by atoms with E-state index in [9.17, 15) is 18.4 Å². The van der Waals surface area contributed by atoms with Crippen molar-refractivity contribution in [2.75, 3.05) is 18.0 Å². The van der Waals surface area contributed by atoms with Gasteiger partial charge in [0.05, 0.1) is 11.7 Å². The number of allylic oxidation sites excluding steroid dienone is 1. The molecule has 2 amide bonds. The van der Waals surface area contributed by atoms with E-state index in [0.29, 0.717) is 66.9 Å². The van der Waals surface area contributed by atoms with Crippen molar-refractivity contribution in [1.82, 2.24) is 4.90 Å². The number of hydrogen-bond acceptors (Lipinski definition) is 6. The number of hydrogen-bond donors (Lipinski definition) is 1.